The zero-order valence-electron chi connectivity index (χ0n) is 19.9. The minimum Gasteiger partial charge on any atom is -0.475 e. The third-order valence-electron chi connectivity index (χ3n) is 5.25. The Morgan fingerprint density at radius 2 is 1.70 bits per heavy atom. The van der Waals surface area contributed by atoms with Crippen LogP contribution >= 0.6 is 0 Å². The molecular weight excluding hydrogens is 516 g/mol. The Morgan fingerprint density at radius 1 is 1.14 bits per heavy atom. The Kier molecular flexibility index (Phi) is 12.3. The first-order valence-corrected chi connectivity index (χ1v) is 10.7. The van der Waals surface area contributed by atoms with E-state index in [0.717, 1.165) is 45.0 Å². The van der Waals surface area contributed by atoms with E-state index in [9.17, 15) is 26.3 Å². The Morgan fingerprint density at radius 3 is 2.19 bits per heavy atom. The van der Waals surface area contributed by atoms with Crippen molar-refractivity contribution in [3.8, 4) is 6.07 Å². The van der Waals surface area contributed by atoms with E-state index < -0.39 is 24.3 Å². The number of carboxylic acid groups (broad SMARTS) is 2. The van der Waals surface area contributed by atoms with Crippen LogP contribution in [0.5, 0.6) is 0 Å². The Hall–Kier alpha value is -2.93. The molecule has 0 bridgehead atoms. The van der Waals surface area contributed by atoms with E-state index in [1.807, 2.05) is 18.2 Å². The van der Waals surface area contributed by atoms with Gasteiger partial charge in [-0.15, -0.1) is 0 Å². The average molecular weight is 543 g/mol. The summed E-state index contributed by atoms with van der Waals surface area (Å²) in [6.45, 7) is 5.09. The van der Waals surface area contributed by atoms with Crippen LogP contribution in [-0.2, 0) is 25.6 Å². The number of rotatable bonds is 6. The zero-order chi connectivity index (χ0) is 28.4. The van der Waals surface area contributed by atoms with Crippen LogP contribution in [0.25, 0.3) is 0 Å². The van der Waals surface area contributed by atoms with Gasteiger partial charge in [-0.25, -0.2) is 9.59 Å². The molecule has 3 atom stereocenters. The lowest BCUT2D eigenvalue weighted by Gasteiger charge is -2.22. The summed E-state index contributed by atoms with van der Waals surface area (Å²) in [5.41, 5.74) is 1.91. The first-order valence-electron chi connectivity index (χ1n) is 10.7. The molecule has 0 saturated carbocycles. The Bertz CT molecular complexity index is 911. The summed E-state index contributed by atoms with van der Waals surface area (Å²) in [6, 6.07) is 10.5. The standard InChI is InChI=1S/C18H25N3O2.2C2HF3O2/c1-20(2)6-7-23-18-11-21(17-13-22-12-16(17)18)10-15-5-3-4-14(8-15)9-19;2*3-2(4,5)1(6)7/h3-5,8,16-18H,6-7,10-13H2,1-2H3;2*(H,6,7)/t16-,17+,18-;;/m0../s1. The number of halogens is 6. The molecule has 0 radical (unpaired) electrons. The number of likely N-dealkylation sites (N-methyl/N-ethyl adjacent to an activating group) is 1. The molecule has 15 heteroatoms. The highest BCUT2D eigenvalue weighted by Crippen LogP contribution is 2.33. The van der Waals surface area contributed by atoms with Crippen LogP contribution in [0.15, 0.2) is 24.3 Å². The molecule has 0 aliphatic carbocycles. The molecule has 0 unspecified atom stereocenters. The fourth-order valence-corrected chi connectivity index (χ4v) is 3.51. The van der Waals surface area contributed by atoms with Crippen molar-refractivity contribution in [1.82, 2.24) is 9.80 Å². The predicted octanol–water partition coefficient (Wildman–Crippen LogP) is 2.60. The number of hydrogen-bond acceptors (Lipinski definition) is 7. The van der Waals surface area contributed by atoms with E-state index in [2.05, 4.69) is 36.0 Å². The Labute approximate surface area is 208 Å². The van der Waals surface area contributed by atoms with Gasteiger partial charge in [0.2, 0.25) is 0 Å². The lowest BCUT2D eigenvalue weighted by Crippen LogP contribution is -2.32. The number of nitriles is 1. The highest BCUT2D eigenvalue weighted by atomic mass is 19.4. The first-order chi connectivity index (χ1) is 17.1. The van der Waals surface area contributed by atoms with Gasteiger partial charge in [-0.3, -0.25) is 4.90 Å². The summed E-state index contributed by atoms with van der Waals surface area (Å²) in [7, 11) is 4.13. The SMILES string of the molecule is CN(C)CCO[C@H]1CN(Cc2cccc(C#N)c2)[C@@H]2COC[C@H]12.O=C(O)C(F)(F)F.O=C(O)C(F)(F)F. The molecule has 2 N–H and O–H groups in total. The summed E-state index contributed by atoms with van der Waals surface area (Å²) in [4.78, 5) is 22.4. The van der Waals surface area contributed by atoms with E-state index in [4.69, 9.17) is 34.5 Å². The molecule has 0 spiro atoms. The van der Waals surface area contributed by atoms with Crippen molar-refractivity contribution in [2.75, 3.05) is 47.0 Å². The van der Waals surface area contributed by atoms with Crippen LogP contribution in [0.3, 0.4) is 0 Å². The van der Waals surface area contributed by atoms with Gasteiger partial charge in [-0.05, 0) is 31.8 Å². The number of carboxylic acids is 2. The van der Waals surface area contributed by atoms with Gasteiger partial charge in [0.15, 0.2) is 0 Å². The second-order valence-electron chi connectivity index (χ2n) is 8.33. The lowest BCUT2D eigenvalue weighted by atomic mass is 10.0. The molecule has 2 saturated heterocycles. The summed E-state index contributed by atoms with van der Waals surface area (Å²) >= 11 is 0. The van der Waals surface area contributed by atoms with Crippen LogP contribution in [0.1, 0.15) is 11.1 Å². The molecule has 208 valence electrons. The van der Waals surface area contributed by atoms with Crippen LogP contribution in [0, 0.1) is 17.2 Å². The first kappa shape index (κ1) is 32.1. The minimum absolute atomic E-state index is 0.251. The van der Waals surface area contributed by atoms with Gasteiger partial charge < -0.3 is 24.6 Å². The second kappa shape index (κ2) is 14.1. The van der Waals surface area contributed by atoms with Crippen molar-refractivity contribution in [3.05, 3.63) is 35.4 Å². The number of likely N-dealkylation sites (tertiary alicyclic amines) is 1. The third kappa shape index (κ3) is 11.3. The molecule has 0 aromatic heterocycles. The smallest absolute Gasteiger partial charge is 0.475 e. The Balaban J connectivity index is 0.000000404. The highest BCUT2D eigenvalue weighted by Gasteiger charge is 2.45. The molecular formula is C22H27F6N3O6. The number of benzene rings is 1. The molecule has 1 aromatic carbocycles. The zero-order valence-corrected chi connectivity index (χ0v) is 19.9. The summed E-state index contributed by atoms with van der Waals surface area (Å²) in [6.07, 6.45) is -9.92. The largest absolute Gasteiger partial charge is 0.490 e. The van der Waals surface area contributed by atoms with Crippen LogP contribution in [0.2, 0.25) is 0 Å². The number of carbonyl (C=O) groups is 2. The van der Waals surface area contributed by atoms with Gasteiger partial charge in [-0.1, -0.05) is 12.1 Å². The molecule has 3 rings (SSSR count). The maximum absolute atomic E-state index is 10.6. The van der Waals surface area contributed by atoms with Gasteiger partial charge in [-0.2, -0.15) is 31.6 Å². The maximum atomic E-state index is 10.6. The topological polar surface area (TPSA) is 123 Å². The minimum atomic E-state index is -5.08. The van der Waals surface area contributed by atoms with Gasteiger partial charge in [0.05, 0.1) is 37.6 Å². The molecule has 0 amide bonds. The second-order valence-corrected chi connectivity index (χ2v) is 8.33. The van der Waals surface area contributed by atoms with Crippen molar-refractivity contribution in [3.63, 3.8) is 0 Å². The summed E-state index contributed by atoms with van der Waals surface area (Å²) in [5.74, 6) is -5.05. The molecule has 37 heavy (non-hydrogen) atoms. The van der Waals surface area contributed by atoms with Crippen LogP contribution in [-0.4, -0.2) is 103 Å². The van der Waals surface area contributed by atoms with Crippen molar-refractivity contribution < 1.29 is 55.6 Å². The maximum Gasteiger partial charge on any atom is 0.490 e. The van der Waals surface area contributed by atoms with E-state index in [1.54, 1.807) is 0 Å². The number of aliphatic carboxylic acids is 2. The van der Waals surface area contributed by atoms with Gasteiger partial charge in [0.25, 0.3) is 0 Å². The fraction of sp³-hybridized carbons (Fsp3) is 0.591. The average Bonchev–Trinajstić information content (AvgIpc) is 3.38. The molecule has 2 aliphatic rings. The fourth-order valence-electron chi connectivity index (χ4n) is 3.51. The van der Waals surface area contributed by atoms with Crippen LogP contribution < -0.4 is 0 Å². The number of ether oxygens (including phenoxy) is 2. The number of fused-ring (bicyclic) bond motifs is 1. The monoisotopic (exact) mass is 543 g/mol. The highest BCUT2D eigenvalue weighted by molar-refractivity contribution is 5.73. The van der Waals surface area contributed by atoms with Crippen molar-refractivity contribution in [1.29, 1.82) is 5.26 Å². The van der Waals surface area contributed by atoms with E-state index >= 15 is 0 Å². The third-order valence-corrected chi connectivity index (χ3v) is 5.25. The van der Waals surface area contributed by atoms with Gasteiger partial charge in [0.1, 0.15) is 0 Å². The number of nitrogens with zero attached hydrogens (tertiary/aromatic N) is 3. The lowest BCUT2D eigenvalue weighted by molar-refractivity contribution is -0.193. The van der Waals surface area contributed by atoms with Crippen LogP contribution in [0.4, 0.5) is 26.3 Å². The van der Waals surface area contributed by atoms with Gasteiger partial charge >= 0.3 is 24.3 Å². The summed E-state index contributed by atoms with van der Waals surface area (Å²) < 4.78 is 75.3. The molecule has 2 heterocycles. The van der Waals surface area contributed by atoms with E-state index in [0.29, 0.717) is 12.0 Å². The van der Waals surface area contributed by atoms with Crippen molar-refractivity contribution >= 4 is 11.9 Å². The van der Waals surface area contributed by atoms with Crippen molar-refractivity contribution in [2.45, 2.75) is 31.0 Å². The normalized spacial score (nSPS) is 21.2. The molecule has 9 nitrogen and oxygen atoms in total. The number of hydrogen-bond donors (Lipinski definition) is 2. The van der Waals surface area contributed by atoms with Crippen molar-refractivity contribution in [2.24, 2.45) is 5.92 Å². The quantitative estimate of drug-likeness (QED) is 0.521. The molecule has 2 fully saturated rings. The predicted molar refractivity (Wildman–Crippen MR) is 115 cm³/mol. The molecule has 1 aromatic rings. The van der Waals surface area contributed by atoms with E-state index in [-0.39, 0.29) is 6.10 Å². The summed E-state index contributed by atoms with van der Waals surface area (Å²) in [5, 5.41) is 23.3. The van der Waals surface area contributed by atoms with E-state index in [1.165, 1.54) is 5.56 Å². The molecule has 2 aliphatic heterocycles. The number of alkyl halides is 6. The van der Waals surface area contributed by atoms with Gasteiger partial charge in [0, 0.05) is 31.6 Å².